The van der Waals surface area contributed by atoms with Gasteiger partial charge in [0, 0.05) is 17.0 Å². The van der Waals surface area contributed by atoms with Crippen molar-refractivity contribution in [2.45, 2.75) is 25.3 Å². The van der Waals surface area contributed by atoms with E-state index in [0.717, 1.165) is 11.0 Å². The molecule has 2 heterocycles. The second-order valence-electron chi connectivity index (χ2n) is 5.07. The number of allylic oxidation sites excluding steroid dienone is 2. The van der Waals surface area contributed by atoms with Gasteiger partial charge >= 0.3 is 0 Å². The van der Waals surface area contributed by atoms with Crippen LogP contribution in [0.25, 0.3) is 21.9 Å². The lowest BCUT2D eigenvalue weighted by Gasteiger charge is -2.20. The van der Waals surface area contributed by atoms with E-state index < -0.39 is 0 Å². The number of aromatic nitrogens is 3. The van der Waals surface area contributed by atoms with Crippen LogP contribution in [0.5, 0.6) is 0 Å². The van der Waals surface area contributed by atoms with Crippen molar-refractivity contribution in [1.82, 2.24) is 14.5 Å². The van der Waals surface area contributed by atoms with E-state index in [1.807, 2.05) is 6.20 Å². The Hall–Kier alpha value is -2.16. The summed E-state index contributed by atoms with van der Waals surface area (Å²) in [6.07, 6.45) is 11.8. The molecule has 3 aromatic rings. The minimum Gasteiger partial charge on any atom is -0.318 e. The molecule has 1 unspecified atom stereocenters. The standard InChI is InChI=1S/C16H15N3/c1-2-6-12(7-3-1)19-15-9-5-4-8-13(15)14-10-17-11-18-16(14)19/h2,4-6,8-12H,1,3,7H2. The molecule has 1 aromatic carbocycles. The predicted molar refractivity (Wildman–Crippen MR) is 77.1 cm³/mol. The summed E-state index contributed by atoms with van der Waals surface area (Å²) in [4.78, 5) is 8.69. The lowest BCUT2D eigenvalue weighted by molar-refractivity contribution is 0.539. The van der Waals surface area contributed by atoms with E-state index in [1.54, 1.807) is 6.33 Å². The van der Waals surface area contributed by atoms with Crippen molar-refractivity contribution in [2.75, 3.05) is 0 Å². The average Bonchev–Trinajstić information content (AvgIpc) is 2.83. The molecular weight excluding hydrogens is 234 g/mol. The Balaban J connectivity index is 2.10. The summed E-state index contributed by atoms with van der Waals surface area (Å²) in [6, 6.07) is 8.93. The third kappa shape index (κ3) is 1.58. The zero-order chi connectivity index (χ0) is 12.7. The van der Waals surface area contributed by atoms with Gasteiger partial charge in [0.15, 0.2) is 0 Å². The molecule has 0 radical (unpaired) electrons. The topological polar surface area (TPSA) is 30.7 Å². The van der Waals surface area contributed by atoms with Crippen molar-refractivity contribution in [2.24, 2.45) is 0 Å². The van der Waals surface area contributed by atoms with Gasteiger partial charge in [0.1, 0.15) is 12.0 Å². The SMILES string of the molecule is C1=CC(n2c3ccccc3c3cncnc32)CCC1. The Bertz CT molecular complexity index is 717. The second kappa shape index (κ2) is 4.19. The first-order valence-electron chi connectivity index (χ1n) is 6.80. The fraction of sp³-hybridized carbons (Fsp3) is 0.250. The van der Waals surface area contributed by atoms with E-state index in [0.29, 0.717) is 6.04 Å². The molecule has 3 heteroatoms. The Kier molecular flexibility index (Phi) is 2.37. The first-order chi connectivity index (χ1) is 9.45. The summed E-state index contributed by atoms with van der Waals surface area (Å²) >= 11 is 0. The molecule has 0 saturated heterocycles. The zero-order valence-corrected chi connectivity index (χ0v) is 10.7. The number of para-hydroxylation sites is 1. The molecule has 1 atom stereocenters. The van der Waals surface area contributed by atoms with Gasteiger partial charge in [-0.05, 0) is 25.3 Å². The number of hydrogen-bond acceptors (Lipinski definition) is 2. The van der Waals surface area contributed by atoms with E-state index >= 15 is 0 Å². The molecule has 1 aliphatic carbocycles. The highest BCUT2D eigenvalue weighted by molar-refractivity contribution is 6.06. The number of hydrogen-bond donors (Lipinski definition) is 0. The Morgan fingerprint density at radius 2 is 2.11 bits per heavy atom. The van der Waals surface area contributed by atoms with Crippen LogP contribution < -0.4 is 0 Å². The van der Waals surface area contributed by atoms with Crippen LogP contribution in [0.2, 0.25) is 0 Å². The van der Waals surface area contributed by atoms with Gasteiger partial charge in [0.25, 0.3) is 0 Å². The minimum absolute atomic E-state index is 0.422. The van der Waals surface area contributed by atoms with Crippen LogP contribution in [0.3, 0.4) is 0 Å². The summed E-state index contributed by atoms with van der Waals surface area (Å²) in [5.74, 6) is 0. The van der Waals surface area contributed by atoms with Crippen LogP contribution in [0, 0.1) is 0 Å². The van der Waals surface area contributed by atoms with E-state index in [2.05, 4.69) is 51.0 Å². The molecule has 0 saturated carbocycles. The van der Waals surface area contributed by atoms with Gasteiger partial charge in [-0.25, -0.2) is 9.97 Å². The van der Waals surface area contributed by atoms with E-state index in [4.69, 9.17) is 0 Å². The van der Waals surface area contributed by atoms with Crippen LogP contribution in [0.15, 0.2) is 48.9 Å². The van der Waals surface area contributed by atoms with Gasteiger partial charge < -0.3 is 4.57 Å². The fourth-order valence-corrected chi connectivity index (χ4v) is 3.08. The highest BCUT2D eigenvalue weighted by atomic mass is 15.1. The first-order valence-corrected chi connectivity index (χ1v) is 6.80. The van der Waals surface area contributed by atoms with E-state index in [1.165, 1.54) is 30.2 Å². The molecule has 2 aromatic heterocycles. The molecule has 3 nitrogen and oxygen atoms in total. The monoisotopic (exact) mass is 249 g/mol. The molecule has 0 amide bonds. The van der Waals surface area contributed by atoms with Crippen molar-refractivity contribution in [3.8, 4) is 0 Å². The van der Waals surface area contributed by atoms with Gasteiger partial charge in [-0.1, -0.05) is 30.4 Å². The van der Waals surface area contributed by atoms with Crippen LogP contribution in [0.4, 0.5) is 0 Å². The number of nitrogens with zero attached hydrogens (tertiary/aromatic N) is 3. The predicted octanol–water partition coefficient (Wildman–Crippen LogP) is 3.87. The molecule has 0 spiro atoms. The summed E-state index contributed by atoms with van der Waals surface area (Å²) in [6.45, 7) is 0. The Morgan fingerprint density at radius 3 is 3.00 bits per heavy atom. The van der Waals surface area contributed by atoms with Crippen LogP contribution in [-0.4, -0.2) is 14.5 Å². The first kappa shape index (κ1) is 10.7. The number of benzene rings is 1. The smallest absolute Gasteiger partial charge is 0.144 e. The fourth-order valence-electron chi connectivity index (χ4n) is 3.08. The summed E-state index contributed by atoms with van der Waals surface area (Å²) < 4.78 is 2.36. The largest absolute Gasteiger partial charge is 0.318 e. The van der Waals surface area contributed by atoms with Crippen LogP contribution >= 0.6 is 0 Å². The van der Waals surface area contributed by atoms with Crippen molar-refractivity contribution in [3.05, 3.63) is 48.9 Å². The molecule has 4 rings (SSSR count). The van der Waals surface area contributed by atoms with E-state index in [-0.39, 0.29) is 0 Å². The van der Waals surface area contributed by atoms with Gasteiger partial charge in [-0.3, -0.25) is 0 Å². The Morgan fingerprint density at radius 1 is 1.16 bits per heavy atom. The maximum atomic E-state index is 4.51. The summed E-state index contributed by atoms with van der Waals surface area (Å²) in [5.41, 5.74) is 2.31. The van der Waals surface area contributed by atoms with Gasteiger partial charge in [0.05, 0.1) is 11.6 Å². The molecule has 0 bridgehead atoms. The molecular formula is C16H15N3. The van der Waals surface area contributed by atoms with Crippen molar-refractivity contribution >= 4 is 21.9 Å². The summed E-state index contributed by atoms with van der Waals surface area (Å²) in [5, 5.41) is 2.40. The third-order valence-corrected chi connectivity index (χ3v) is 3.93. The molecule has 0 aliphatic heterocycles. The van der Waals surface area contributed by atoms with Gasteiger partial charge in [0.2, 0.25) is 0 Å². The maximum Gasteiger partial charge on any atom is 0.144 e. The van der Waals surface area contributed by atoms with Crippen LogP contribution in [0.1, 0.15) is 25.3 Å². The molecule has 94 valence electrons. The number of rotatable bonds is 1. The Labute approximate surface area is 111 Å². The van der Waals surface area contributed by atoms with E-state index in [9.17, 15) is 0 Å². The lowest BCUT2D eigenvalue weighted by atomic mass is 10.0. The van der Waals surface area contributed by atoms with Crippen LogP contribution in [-0.2, 0) is 0 Å². The van der Waals surface area contributed by atoms with Crippen molar-refractivity contribution in [3.63, 3.8) is 0 Å². The van der Waals surface area contributed by atoms with Gasteiger partial charge in [-0.2, -0.15) is 0 Å². The second-order valence-corrected chi connectivity index (χ2v) is 5.07. The highest BCUT2D eigenvalue weighted by Crippen LogP contribution is 2.33. The minimum atomic E-state index is 0.422. The maximum absolute atomic E-state index is 4.51. The lowest BCUT2D eigenvalue weighted by Crippen LogP contribution is -2.09. The van der Waals surface area contributed by atoms with Gasteiger partial charge in [-0.15, -0.1) is 0 Å². The normalized spacial score (nSPS) is 19.3. The zero-order valence-electron chi connectivity index (χ0n) is 10.7. The number of fused-ring (bicyclic) bond motifs is 3. The van der Waals surface area contributed by atoms with Crippen molar-refractivity contribution in [1.29, 1.82) is 0 Å². The molecule has 0 fully saturated rings. The molecule has 0 N–H and O–H groups in total. The molecule has 1 aliphatic rings. The average molecular weight is 249 g/mol. The highest BCUT2D eigenvalue weighted by Gasteiger charge is 2.18. The molecule has 19 heavy (non-hydrogen) atoms. The summed E-state index contributed by atoms with van der Waals surface area (Å²) in [7, 11) is 0. The quantitative estimate of drug-likeness (QED) is 0.613. The third-order valence-electron chi connectivity index (χ3n) is 3.93. The van der Waals surface area contributed by atoms with Crippen molar-refractivity contribution < 1.29 is 0 Å².